The number of hydrogen-bond donors (Lipinski definition) is 0. The van der Waals surface area contributed by atoms with Crippen molar-refractivity contribution in [1.82, 2.24) is 0 Å². The molecule has 5 aliphatic rings. The van der Waals surface area contributed by atoms with Crippen molar-refractivity contribution in [1.29, 1.82) is 0 Å². The summed E-state index contributed by atoms with van der Waals surface area (Å²) in [7, 11) is 0. The van der Waals surface area contributed by atoms with Crippen LogP contribution in [0.25, 0.3) is 0 Å². The summed E-state index contributed by atoms with van der Waals surface area (Å²) in [4.78, 5) is 0. The van der Waals surface area contributed by atoms with Gasteiger partial charge < -0.3 is 0 Å². The fraction of sp³-hybridized carbons (Fsp3) is 0.719. The average Bonchev–Trinajstić information content (AvgIpc) is 3.40. The highest BCUT2D eigenvalue weighted by Crippen LogP contribution is 2.67. The van der Waals surface area contributed by atoms with Crippen molar-refractivity contribution in [3.8, 4) is 0 Å². The molecule has 3 fully saturated rings. The molecule has 0 spiro atoms. The van der Waals surface area contributed by atoms with Gasteiger partial charge in [-0.15, -0.1) is 0 Å². The summed E-state index contributed by atoms with van der Waals surface area (Å²) in [5, 5.41) is 0. The third-order valence-electron chi connectivity index (χ3n) is 11.0. The second-order valence-electron chi connectivity index (χ2n) is 13.1. The monoisotopic (exact) mass is 431 g/mol. The van der Waals surface area contributed by atoms with E-state index in [1.807, 2.05) is 0 Å². The molecule has 175 valence electrons. The molecule has 0 aromatic carbocycles. The summed E-state index contributed by atoms with van der Waals surface area (Å²) in [6.07, 6.45) is 28.5. The van der Waals surface area contributed by atoms with Gasteiger partial charge in [0, 0.05) is 5.92 Å². The van der Waals surface area contributed by atoms with Crippen LogP contribution in [0.5, 0.6) is 0 Å². The Kier molecular flexibility index (Phi) is 6.48. The zero-order valence-electron chi connectivity index (χ0n) is 21.5. The van der Waals surface area contributed by atoms with E-state index in [0.717, 1.165) is 35.5 Å². The number of hydrogen-bond acceptors (Lipinski definition) is 0. The molecule has 0 heteroatoms. The molecule has 0 aliphatic heterocycles. The molecule has 5 rings (SSSR count). The van der Waals surface area contributed by atoms with Gasteiger partial charge >= 0.3 is 0 Å². The summed E-state index contributed by atoms with van der Waals surface area (Å²) in [6, 6.07) is 0. The van der Waals surface area contributed by atoms with Crippen LogP contribution in [-0.2, 0) is 0 Å². The summed E-state index contributed by atoms with van der Waals surface area (Å²) in [6.45, 7) is 12.7. The Morgan fingerprint density at radius 3 is 2.47 bits per heavy atom. The molecule has 0 nitrogen and oxygen atoms in total. The van der Waals surface area contributed by atoms with Gasteiger partial charge in [-0.3, -0.25) is 0 Å². The van der Waals surface area contributed by atoms with Gasteiger partial charge in [-0.25, -0.2) is 0 Å². The zero-order chi connectivity index (χ0) is 22.5. The van der Waals surface area contributed by atoms with E-state index in [2.05, 4.69) is 72.5 Å². The van der Waals surface area contributed by atoms with Crippen molar-refractivity contribution < 1.29 is 0 Å². The average molecular weight is 432 g/mol. The molecule has 7 atom stereocenters. The standard InChI is InChI=1S/C32H47/c1-22(2)9-8-10-23(3)28-15-16-29-27-14-13-26-21-25(24-11-6-7-12-24)17-19-31(26,4)30(27)18-20-32(28,29)5/h6-7,11-13,21-23,27-30H,8-10,14-20H2,1-5H3/t23-,27+,28-,29+,30+,31+,32-/m1/s1. The SMILES string of the molecule is CC(C)CCC[C@@H](C)[C@H]1CC[C@H]2[C@@H]3CC=C4C=C([C]5[CH][CH][CH][CH]5)CC[C@]4(C)[C@H]3CC[C@]12C. The third-order valence-corrected chi connectivity index (χ3v) is 11.0. The highest BCUT2D eigenvalue weighted by atomic mass is 14.6. The van der Waals surface area contributed by atoms with Crippen molar-refractivity contribution in [3.63, 3.8) is 0 Å². The van der Waals surface area contributed by atoms with E-state index < -0.39 is 0 Å². The first-order valence-corrected chi connectivity index (χ1v) is 14.0. The highest BCUT2D eigenvalue weighted by Gasteiger charge is 2.58. The molecule has 0 aromatic heterocycles. The Labute approximate surface area is 200 Å². The lowest BCUT2D eigenvalue weighted by molar-refractivity contribution is -0.0453. The van der Waals surface area contributed by atoms with Crippen molar-refractivity contribution in [2.45, 2.75) is 98.8 Å². The normalized spacial score (nSPS) is 42.8. The Morgan fingerprint density at radius 1 is 0.938 bits per heavy atom. The van der Waals surface area contributed by atoms with Crippen LogP contribution >= 0.6 is 0 Å². The van der Waals surface area contributed by atoms with Crippen LogP contribution in [0.3, 0.4) is 0 Å². The minimum atomic E-state index is 0.418. The van der Waals surface area contributed by atoms with Crippen molar-refractivity contribution >= 4 is 0 Å². The van der Waals surface area contributed by atoms with E-state index in [0.29, 0.717) is 10.8 Å². The van der Waals surface area contributed by atoms with Crippen molar-refractivity contribution in [2.24, 2.45) is 46.3 Å². The molecular weight excluding hydrogens is 384 g/mol. The molecule has 0 N–H and O–H groups in total. The molecular formula is C32H47. The maximum atomic E-state index is 2.72. The van der Waals surface area contributed by atoms with Crippen LogP contribution < -0.4 is 0 Å². The van der Waals surface area contributed by atoms with Gasteiger partial charge in [0.15, 0.2) is 0 Å². The Balaban J connectivity index is 1.32. The minimum absolute atomic E-state index is 0.418. The highest BCUT2D eigenvalue weighted by molar-refractivity contribution is 5.52. The van der Waals surface area contributed by atoms with E-state index in [1.54, 1.807) is 11.1 Å². The lowest BCUT2D eigenvalue weighted by atomic mass is 9.47. The predicted molar refractivity (Wildman–Crippen MR) is 137 cm³/mol. The van der Waals surface area contributed by atoms with Gasteiger partial charge in [0.1, 0.15) is 0 Å². The number of allylic oxidation sites excluding steroid dienone is 4. The predicted octanol–water partition coefficient (Wildman–Crippen LogP) is 8.97. The Morgan fingerprint density at radius 2 is 1.72 bits per heavy atom. The quantitative estimate of drug-likeness (QED) is 0.393. The van der Waals surface area contributed by atoms with Crippen molar-refractivity contribution in [3.05, 3.63) is 54.9 Å². The lowest BCUT2D eigenvalue weighted by Gasteiger charge is -2.57. The molecule has 0 unspecified atom stereocenters. The van der Waals surface area contributed by atoms with Crippen LogP contribution in [0.1, 0.15) is 98.8 Å². The second kappa shape index (κ2) is 8.92. The topological polar surface area (TPSA) is 0 Å². The third kappa shape index (κ3) is 3.88. The van der Waals surface area contributed by atoms with E-state index in [-0.39, 0.29) is 0 Å². The van der Waals surface area contributed by atoms with Crippen LogP contribution in [0, 0.1) is 77.9 Å². The van der Waals surface area contributed by atoms with Crippen LogP contribution in [-0.4, -0.2) is 0 Å². The van der Waals surface area contributed by atoms with Gasteiger partial charge in [-0.1, -0.05) is 71.6 Å². The molecule has 5 aliphatic carbocycles. The van der Waals surface area contributed by atoms with Gasteiger partial charge in [0.25, 0.3) is 0 Å². The maximum absolute atomic E-state index is 2.72. The molecule has 32 heavy (non-hydrogen) atoms. The largest absolute Gasteiger partial charge is 0.0805 e. The second-order valence-corrected chi connectivity index (χ2v) is 13.1. The molecule has 0 bridgehead atoms. The first kappa shape index (κ1) is 23.2. The minimum Gasteiger partial charge on any atom is -0.0805 e. The van der Waals surface area contributed by atoms with Crippen molar-refractivity contribution in [2.75, 3.05) is 0 Å². The summed E-state index contributed by atoms with van der Waals surface area (Å²) in [5.41, 5.74) is 4.28. The Bertz CT molecular complexity index is 733. The molecule has 3 saturated carbocycles. The lowest BCUT2D eigenvalue weighted by Crippen LogP contribution is -2.49. The van der Waals surface area contributed by atoms with Crippen LogP contribution in [0.15, 0.2) is 23.3 Å². The number of rotatable bonds is 6. The number of fused-ring (bicyclic) bond motifs is 5. The van der Waals surface area contributed by atoms with Gasteiger partial charge in [-0.2, -0.15) is 0 Å². The van der Waals surface area contributed by atoms with E-state index >= 15 is 0 Å². The van der Waals surface area contributed by atoms with E-state index in [9.17, 15) is 0 Å². The fourth-order valence-corrected chi connectivity index (χ4v) is 9.17. The smallest absolute Gasteiger partial charge is 0.00828 e. The van der Waals surface area contributed by atoms with Gasteiger partial charge in [0.05, 0.1) is 0 Å². The summed E-state index contributed by atoms with van der Waals surface area (Å²) < 4.78 is 0. The van der Waals surface area contributed by atoms with Crippen LogP contribution in [0.4, 0.5) is 0 Å². The molecule has 0 amide bonds. The van der Waals surface area contributed by atoms with Gasteiger partial charge in [-0.05, 0) is 123 Å². The van der Waals surface area contributed by atoms with Crippen LogP contribution in [0.2, 0.25) is 0 Å². The maximum Gasteiger partial charge on any atom is 0.00828 e. The molecule has 5 radical (unpaired) electrons. The summed E-state index contributed by atoms with van der Waals surface area (Å²) in [5.74, 6) is 7.00. The first-order chi connectivity index (χ1) is 15.3. The molecule has 0 aromatic rings. The molecule has 0 saturated heterocycles. The van der Waals surface area contributed by atoms with E-state index in [1.165, 1.54) is 70.1 Å². The summed E-state index contributed by atoms with van der Waals surface area (Å²) >= 11 is 0. The van der Waals surface area contributed by atoms with E-state index in [4.69, 9.17) is 0 Å². The fourth-order valence-electron chi connectivity index (χ4n) is 9.17. The zero-order valence-corrected chi connectivity index (χ0v) is 21.5. The first-order valence-electron chi connectivity index (χ1n) is 14.0. The molecule has 0 heterocycles. The Hall–Kier alpha value is -0.520. The van der Waals surface area contributed by atoms with Gasteiger partial charge in [0.2, 0.25) is 0 Å².